The Kier molecular flexibility index (Phi) is 5.68. The number of halogens is 1. The van der Waals surface area contributed by atoms with Crippen LogP contribution in [0.4, 0.5) is 5.69 Å². The Morgan fingerprint density at radius 2 is 2.00 bits per heavy atom. The molecule has 1 fully saturated rings. The lowest BCUT2D eigenvalue weighted by Crippen LogP contribution is -2.31. The average Bonchev–Trinajstić information content (AvgIpc) is 2.60. The van der Waals surface area contributed by atoms with Gasteiger partial charge in [-0.3, -0.25) is 0 Å². The van der Waals surface area contributed by atoms with Gasteiger partial charge in [-0.25, -0.2) is 0 Å². The van der Waals surface area contributed by atoms with E-state index in [-0.39, 0.29) is 0 Å². The van der Waals surface area contributed by atoms with E-state index in [0.717, 1.165) is 17.6 Å². The molecular formula is C13H19BrN2S. The molecule has 17 heavy (non-hydrogen) atoms. The molecule has 0 atom stereocenters. The smallest absolute Gasteiger partial charge is 0.0341 e. The van der Waals surface area contributed by atoms with Gasteiger partial charge in [-0.15, -0.1) is 0 Å². The summed E-state index contributed by atoms with van der Waals surface area (Å²) in [6.07, 6.45) is 1.34. The second-order valence-corrected chi connectivity index (χ2v) is 6.38. The van der Waals surface area contributed by atoms with Gasteiger partial charge in [-0.05, 0) is 43.0 Å². The first-order valence-electron chi connectivity index (χ1n) is 6.14. The standard InChI is InChI=1S/C13H19BrN2S/c14-12-2-4-13(5-3-12)15-6-8-16-7-1-10-17-11-9-16/h2-5,15H,1,6-11H2. The first-order chi connectivity index (χ1) is 8.34. The molecule has 1 saturated heterocycles. The van der Waals surface area contributed by atoms with E-state index in [1.54, 1.807) is 0 Å². The molecule has 0 bridgehead atoms. The number of hydrogen-bond acceptors (Lipinski definition) is 3. The predicted molar refractivity (Wildman–Crippen MR) is 81.0 cm³/mol. The van der Waals surface area contributed by atoms with Crippen molar-refractivity contribution in [3.8, 4) is 0 Å². The first kappa shape index (κ1) is 13.2. The highest BCUT2D eigenvalue weighted by atomic mass is 79.9. The van der Waals surface area contributed by atoms with E-state index in [2.05, 4.69) is 62.2 Å². The Balaban J connectivity index is 1.69. The molecule has 0 aromatic heterocycles. The van der Waals surface area contributed by atoms with Gasteiger partial charge in [-0.2, -0.15) is 11.8 Å². The minimum atomic E-state index is 1.03. The summed E-state index contributed by atoms with van der Waals surface area (Å²) in [5, 5.41) is 3.47. The Morgan fingerprint density at radius 3 is 2.82 bits per heavy atom. The fraction of sp³-hybridized carbons (Fsp3) is 0.538. The second-order valence-electron chi connectivity index (χ2n) is 4.24. The van der Waals surface area contributed by atoms with E-state index in [0.29, 0.717) is 0 Å². The largest absolute Gasteiger partial charge is 0.384 e. The molecular weight excluding hydrogens is 296 g/mol. The topological polar surface area (TPSA) is 15.3 Å². The van der Waals surface area contributed by atoms with Crippen LogP contribution in [0, 0.1) is 0 Å². The maximum atomic E-state index is 3.47. The summed E-state index contributed by atoms with van der Waals surface area (Å²) in [6, 6.07) is 8.38. The van der Waals surface area contributed by atoms with Crippen LogP contribution in [0.2, 0.25) is 0 Å². The molecule has 2 rings (SSSR count). The van der Waals surface area contributed by atoms with Crippen LogP contribution in [0.15, 0.2) is 28.7 Å². The molecule has 0 aliphatic carbocycles. The number of nitrogens with zero attached hydrogens (tertiary/aromatic N) is 1. The number of thioether (sulfide) groups is 1. The van der Waals surface area contributed by atoms with E-state index in [4.69, 9.17) is 0 Å². The third-order valence-electron chi connectivity index (χ3n) is 2.92. The van der Waals surface area contributed by atoms with Gasteiger partial charge in [0.05, 0.1) is 0 Å². The van der Waals surface area contributed by atoms with Crippen molar-refractivity contribution in [3.63, 3.8) is 0 Å². The molecule has 1 N–H and O–H groups in total. The summed E-state index contributed by atoms with van der Waals surface area (Å²) in [7, 11) is 0. The lowest BCUT2D eigenvalue weighted by Gasteiger charge is -2.19. The van der Waals surface area contributed by atoms with E-state index >= 15 is 0 Å². The van der Waals surface area contributed by atoms with Crippen molar-refractivity contribution in [1.29, 1.82) is 0 Å². The van der Waals surface area contributed by atoms with Crippen LogP contribution in [0.25, 0.3) is 0 Å². The number of nitrogens with one attached hydrogen (secondary N) is 1. The average molecular weight is 315 g/mol. The molecule has 1 heterocycles. The summed E-state index contributed by atoms with van der Waals surface area (Å²) >= 11 is 5.53. The Hall–Kier alpha value is -0.190. The van der Waals surface area contributed by atoms with Crippen molar-refractivity contribution < 1.29 is 0 Å². The molecule has 1 aliphatic rings. The maximum absolute atomic E-state index is 3.47. The fourth-order valence-electron chi connectivity index (χ4n) is 1.95. The van der Waals surface area contributed by atoms with Crippen LogP contribution < -0.4 is 5.32 Å². The molecule has 1 aliphatic heterocycles. The van der Waals surface area contributed by atoms with Crippen LogP contribution in [0.1, 0.15) is 6.42 Å². The number of hydrogen-bond donors (Lipinski definition) is 1. The van der Waals surface area contributed by atoms with E-state index in [9.17, 15) is 0 Å². The zero-order valence-electron chi connectivity index (χ0n) is 9.99. The molecule has 4 heteroatoms. The second kappa shape index (κ2) is 7.29. The highest BCUT2D eigenvalue weighted by Crippen LogP contribution is 2.14. The predicted octanol–water partition coefficient (Wildman–Crippen LogP) is 3.30. The summed E-state index contributed by atoms with van der Waals surface area (Å²) in [5.41, 5.74) is 1.21. The first-order valence-corrected chi connectivity index (χ1v) is 8.09. The fourth-order valence-corrected chi connectivity index (χ4v) is 3.14. The van der Waals surface area contributed by atoms with Gasteiger partial charge < -0.3 is 10.2 Å². The van der Waals surface area contributed by atoms with Crippen LogP contribution in [0.5, 0.6) is 0 Å². The van der Waals surface area contributed by atoms with Crippen LogP contribution in [0.3, 0.4) is 0 Å². The molecule has 0 unspecified atom stereocenters. The maximum Gasteiger partial charge on any atom is 0.0341 e. The molecule has 0 radical (unpaired) electrons. The Bertz CT molecular complexity index is 321. The van der Waals surface area contributed by atoms with Crippen molar-refractivity contribution in [3.05, 3.63) is 28.7 Å². The van der Waals surface area contributed by atoms with Gasteiger partial charge in [0.15, 0.2) is 0 Å². The Labute approximate surface area is 116 Å². The summed E-state index contributed by atoms with van der Waals surface area (Å²) in [4.78, 5) is 2.56. The van der Waals surface area contributed by atoms with Crippen molar-refractivity contribution in [1.82, 2.24) is 4.90 Å². The summed E-state index contributed by atoms with van der Waals surface area (Å²) in [5.74, 6) is 2.62. The third-order valence-corrected chi connectivity index (χ3v) is 4.49. The van der Waals surface area contributed by atoms with Crippen LogP contribution in [-0.2, 0) is 0 Å². The summed E-state index contributed by atoms with van der Waals surface area (Å²) in [6.45, 7) is 4.69. The quantitative estimate of drug-likeness (QED) is 0.918. The molecule has 94 valence electrons. The van der Waals surface area contributed by atoms with E-state index in [1.807, 2.05) is 0 Å². The summed E-state index contributed by atoms with van der Waals surface area (Å²) < 4.78 is 1.13. The van der Waals surface area contributed by atoms with Gasteiger partial charge in [0.2, 0.25) is 0 Å². The SMILES string of the molecule is Brc1ccc(NCCN2CCCSCC2)cc1. The van der Waals surface area contributed by atoms with Crippen molar-refractivity contribution >= 4 is 33.4 Å². The third kappa shape index (κ3) is 4.90. The van der Waals surface area contributed by atoms with Crippen molar-refractivity contribution in [2.24, 2.45) is 0 Å². The number of rotatable bonds is 4. The van der Waals surface area contributed by atoms with E-state index < -0.39 is 0 Å². The monoisotopic (exact) mass is 314 g/mol. The molecule has 1 aromatic carbocycles. The molecule has 1 aromatic rings. The minimum absolute atomic E-state index is 1.03. The van der Waals surface area contributed by atoms with Crippen molar-refractivity contribution in [2.75, 3.05) is 43.0 Å². The molecule has 0 amide bonds. The lowest BCUT2D eigenvalue weighted by molar-refractivity contribution is 0.307. The van der Waals surface area contributed by atoms with Gasteiger partial charge in [0.25, 0.3) is 0 Å². The van der Waals surface area contributed by atoms with Gasteiger partial charge in [0.1, 0.15) is 0 Å². The van der Waals surface area contributed by atoms with Gasteiger partial charge >= 0.3 is 0 Å². The van der Waals surface area contributed by atoms with Crippen molar-refractivity contribution in [2.45, 2.75) is 6.42 Å². The highest BCUT2D eigenvalue weighted by molar-refractivity contribution is 9.10. The zero-order valence-corrected chi connectivity index (χ0v) is 12.4. The highest BCUT2D eigenvalue weighted by Gasteiger charge is 2.07. The van der Waals surface area contributed by atoms with Gasteiger partial charge in [-0.1, -0.05) is 15.9 Å². The Morgan fingerprint density at radius 1 is 1.18 bits per heavy atom. The minimum Gasteiger partial charge on any atom is -0.384 e. The molecule has 0 saturated carbocycles. The molecule has 0 spiro atoms. The zero-order chi connectivity index (χ0) is 11.9. The number of benzene rings is 1. The number of anilines is 1. The normalized spacial score (nSPS) is 17.7. The van der Waals surface area contributed by atoms with Gasteiger partial charge in [0, 0.05) is 35.5 Å². The van der Waals surface area contributed by atoms with E-state index in [1.165, 1.54) is 36.7 Å². The lowest BCUT2D eigenvalue weighted by atomic mass is 10.3. The van der Waals surface area contributed by atoms with Crippen LogP contribution >= 0.6 is 27.7 Å². The van der Waals surface area contributed by atoms with Crippen LogP contribution in [-0.4, -0.2) is 42.6 Å². The molecule has 2 nitrogen and oxygen atoms in total.